The normalized spacial score (nSPS) is 11.9. The fourth-order valence-corrected chi connectivity index (χ4v) is 1.05. The zero-order valence-corrected chi connectivity index (χ0v) is 10.4. The van der Waals surface area contributed by atoms with Gasteiger partial charge in [-0.2, -0.15) is 0 Å². The lowest BCUT2D eigenvalue weighted by Gasteiger charge is -2.29. The Kier molecular flexibility index (Phi) is 4.19. The molecule has 0 aromatic heterocycles. The van der Waals surface area contributed by atoms with Crippen LogP contribution in [0.15, 0.2) is 12.5 Å². The molecule has 0 amide bonds. The van der Waals surface area contributed by atoms with Gasteiger partial charge in [0.15, 0.2) is 5.88 Å². The van der Waals surface area contributed by atoms with E-state index < -0.39 is 5.54 Å². The summed E-state index contributed by atoms with van der Waals surface area (Å²) in [6.45, 7) is 12.8. The molecular formula is C11H21NO3. The van der Waals surface area contributed by atoms with Gasteiger partial charge in [0.05, 0.1) is 7.11 Å². The SMILES string of the molecule is C=C(NC(C)(C)C(=O)OC)OC(C)(C)C. The quantitative estimate of drug-likeness (QED) is 0.574. The molecule has 0 aliphatic heterocycles. The molecule has 0 heterocycles. The van der Waals surface area contributed by atoms with Gasteiger partial charge in [-0.3, -0.25) is 0 Å². The molecule has 0 aliphatic carbocycles. The van der Waals surface area contributed by atoms with E-state index in [1.54, 1.807) is 13.8 Å². The van der Waals surface area contributed by atoms with E-state index >= 15 is 0 Å². The van der Waals surface area contributed by atoms with Crippen molar-refractivity contribution < 1.29 is 14.3 Å². The van der Waals surface area contributed by atoms with Crippen LogP contribution in [0.2, 0.25) is 0 Å². The fourth-order valence-electron chi connectivity index (χ4n) is 1.05. The highest BCUT2D eigenvalue weighted by atomic mass is 16.5. The van der Waals surface area contributed by atoms with Crippen molar-refractivity contribution in [2.24, 2.45) is 0 Å². The van der Waals surface area contributed by atoms with E-state index in [1.165, 1.54) is 7.11 Å². The molecule has 4 nitrogen and oxygen atoms in total. The van der Waals surface area contributed by atoms with Gasteiger partial charge in [0.25, 0.3) is 0 Å². The Balaban J connectivity index is 4.35. The van der Waals surface area contributed by atoms with Crippen LogP contribution in [0, 0.1) is 0 Å². The number of methoxy groups -OCH3 is 1. The zero-order valence-electron chi connectivity index (χ0n) is 10.4. The maximum Gasteiger partial charge on any atom is 0.330 e. The number of hydrogen-bond acceptors (Lipinski definition) is 4. The topological polar surface area (TPSA) is 47.6 Å². The Labute approximate surface area is 91.6 Å². The number of carbonyl (C=O) groups is 1. The van der Waals surface area contributed by atoms with Gasteiger partial charge < -0.3 is 14.8 Å². The molecule has 0 saturated heterocycles. The summed E-state index contributed by atoms with van der Waals surface area (Å²) >= 11 is 0. The third kappa shape index (κ3) is 5.30. The highest BCUT2D eigenvalue weighted by Crippen LogP contribution is 2.14. The van der Waals surface area contributed by atoms with Crippen LogP contribution in [0.1, 0.15) is 34.6 Å². The largest absolute Gasteiger partial charge is 0.474 e. The molecule has 0 aromatic carbocycles. The number of ether oxygens (including phenoxy) is 2. The summed E-state index contributed by atoms with van der Waals surface area (Å²) in [7, 11) is 1.35. The van der Waals surface area contributed by atoms with Gasteiger partial charge in [-0.05, 0) is 41.2 Å². The van der Waals surface area contributed by atoms with Crippen molar-refractivity contribution in [2.45, 2.75) is 45.8 Å². The van der Waals surface area contributed by atoms with E-state index in [2.05, 4.69) is 16.6 Å². The fraction of sp³-hybridized carbons (Fsp3) is 0.727. The van der Waals surface area contributed by atoms with Crippen molar-refractivity contribution in [3.05, 3.63) is 12.5 Å². The average molecular weight is 215 g/mol. The summed E-state index contributed by atoms with van der Waals surface area (Å²) in [4.78, 5) is 11.4. The molecule has 15 heavy (non-hydrogen) atoms. The van der Waals surface area contributed by atoms with E-state index in [-0.39, 0.29) is 11.6 Å². The molecule has 0 unspecified atom stereocenters. The molecule has 0 aromatic rings. The molecule has 4 heteroatoms. The van der Waals surface area contributed by atoms with Crippen LogP contribution in [-0.2, 0) is 14.3 Å². The summed E-state index contributed by atoms with van der Waals surface area (Å²) in [6, 6.07) is 0. The van der Waals surface area contributed by atoms with Gasteiger partial charge >= 0.3 is 5.97 Å². The highest BCUT2D eigenvalue weighted by Gasteiger charge is 2.30. The lowest BCUT2D eigenvalue weighted by atomic mass is 10.1. The minimum atomic E-state index is -0.836. The lowest BCUT2D eigenvalue weighted by Crippen LogP contribution is -2.47. The van der Waals surface area contributed by atoms with Crippen molar-refractivity contribution in [2.75, 3.05) is 7.11 Å². The smallest absolute Gasteiger partial charge is 0.330 e. The highest BCUT2D eigenvalue weighted by molar-refractivity contribution is 5.79. The maximum absolute atomic E-state index is 11.4. The molecule has 0 bridgehead atoms. The van der Waals surface area contributed by atoms with Gasteiger partial charge in [-0.15, -0.1) is 0 Å². The second-order valence-electron chi connectivity index (χ2n) is 4.88. The van der Waals surface area contributed by atoms with Crippen molar-refractivity contribution in [1.82, 2.24) is 5.32 Å². The predicted molar refractivity (Wildman–Crippen MR) is 59.2 cm³/mol. The summed E-state index contributed by atoms with van der Waals surface area (Å²) in [5, 5.41) is 2.87. The number of nitrogens with one attached hydrogen (secondary N) is 1. The second kappa shape index (κ2) is 4.55. The number of carbonyl (C=O) groups excluding carboxylic acids is 1. The maximum atomic E-state index is 11.4. The second-order valence-corrected chi connectivity index (χ2v) is 4.88. The van der Waals surface area contributed by atoms with Crippen molar-refractivity contribution in [1.29, 1.82) is 0 Å². The Morgan fingerprint density at radius 2 is 1.67 bits per heavy atom. The summed E-state index contributed by atoms with van der Waals surface area (Å²) in [5.41, 5.74) is -1.17. The summed E-state index contributed by atoms with van der Waals surface area (Å²) in [5.74, 6) is -0.000871. The molecular weight excluding hydrogens is 194 g/mol. The summed E-state index contributed by atoms with van der Waals surface area (Å²) < 4.78 is 10.1. The molecule has 1 N–H and O–H groups in total. The van der Waals surface area contributed by atoms with E-state index in [9.17, 15) is 4.79 Å². The zero-order chi connectivity index (χ0) is 12.3. The minimum Gasteiger partial charge on any atom is -0.474 e. The van der Waals surface area contributed by atoms with E-state index in [0.29, 0.717) is 5.88 Å². The third-order valence-electron chi connectivity index (χ3n) is 1.58. The molecule has 0 aliphatic rings. The molecule has 88 valence electrons. The molecule has 0 radical (unpaired) electrons. The summed E-state index contributed by atoms with van der Waals surface area (Å²) in [6.07, 6.45) is 0. The van der Waals surface area contributed by atoms with Crippen molar-refractivity contribution in [3.63, 3.8) is 0 Å². The first-order chi connectivity index (χ1) is 6.58. The Bertz CT molecular complexity index is 251. The molecule has 0 saturated carbocycles. The van der Waals surface area contributed by atoms with E-state index in [4.69, 9.17) is 4.74 Å². The van der Waals surface area contributed by atoms with Gasteiger partial charge in [-0.25, -0.2) is 4.79 Å². The van der Waals surface area contributed by atoms with Crippen LogP contribution in [0.5, 0.6) is 0 Å². The third-order valence-corrected chi connectivity index (χ3v) is 1.58. The van der Waals surface area contributed by atoms with Crippen LogP contribution in [0.25, 0.3) is 0 Å². The first kappa shape index (κ1) is 13.8. The predicted octanol–water partition coefficient (Wildman–Crippen LogP) is 1.81. The average Bonchev–Trinajstić information content (AvgIpc) is 1.97. The van der Waals surface area contributed by atoms with Crippen LogP contribution in [-0.4, -0.2) is 24.2 Å². The Morgan fingerprint density at radius 1 is 1.20 bits per heavy atom. The Hall–Kier alpha value is -1.19. The van der Waals surface area contributed by atoms with Gasteiger partial charge in [0.1, 0.15) is 11.1 Å². The molecule has 0 spiro atoms. The van der Waals surface area contributed by atoms with Gasteiger partial charge in [0.2, 0.25) is 0 Å². The molecule has 0 atom stereocenters. The first-order valence-corrected chi connectivity index (χ1v) is 4.83. The van der Waals surface area contributed by atoms with Crippen LogP contribution >= 0.6 is 0 Å². The lowest BCUT2D eigenvalue weighted by molar-refractivity contribution is -0.147. The first-order valence-electron chi connectivity index (χ1n) is 4.83. The number of esters is 1. The van der Waals surface area contributed by atoms with Gasteiger partial charge in [0, 0.05) is 0 Å². The standard InChI is InChI=1S/C11H21NO3/c1-8(15-10(2,3)4)12-11(5,6)9(13)14-7/h12H,1H2,2-7H3. The van der Waals surface area contributed by atoms with Crippen LogP contribution in [0.3, 0.4) is 0 Å². The molecule has 0 fully saturated rings. The van der Waals surface area contributed by atoms with Crippen LogP contribution in [0.4, 0.5) is 0 Å². The van der Waals surface area contributed by atoms with E-state index in [1.807, 2.05) is 20.8 Å². The number of hydrogen-bond donors (Lipinski definition) is 1. The van der Waals surface area contributed by atoms with Crippen molar-refractivity contribution >= 4 is 5.97 Å². The minimum absolute atomic E-state index is 0.337. The Morgan fingerprint density at radius 3 is 2.00 bits per heavy atom. The van der Waals surface area contributed by atoms with Crippen LogP contribution < -0.4 is 5.32 Å². The monoisotopic (exact) mass is 215 g/mol. The van der Waals surface area contributed by atoms with E-state index in [0.717, 1.165) is 0 Å². The van der Waals surface area contributed by atoms with Gasteiger partial charge in [-0.1, -0.05) is 0 Å². The number of rotatable bonds is 4. The molecule has 0 rings (SSSR count). The van der Waals surface area contributed by atoms with Crippen molar-refractivity contribution in [3.8, 4) is 0 Å².